The first-order valence-electron chi connectivity index (χ1n) is 20.1. The van der Waals surface area contributed by atoms with E-state index in [1.165, 1.54) is 23.8 Å². The number of methoxy groups -OCH3 is 2. The van der Waals surface area contributed by atoms with E-state index in [1.54, 1.807) is 0 Å². The molecule has 1 atom stereocenters. The normalized spacial score (nSPS) is 19.6. The lowest BCUT2D eigenvalue weighted by Gasteiger charge is -2.40. The van der Waals surface area contributed by atoms with Crippen molar-refractivity contribution in [3.63, 3.8) is 0 Å². The molecule has 1 fully saturated rings. The Morgan fingerprint density at radius 2 is 1.75 bits per heavy atom. The Labute approximate surface area is 338 Å². The van der Waals surface area contributed by atoms with Crippen molar-refractivity contribution in [2.24, 2.45) is 0 Å². The zero-order valence-corrected chi connectivity index (χ0v) is 35.8. The van der Waals surface area contributed by atoms with Crippen molar-refractivity contribution < 1.29 is 23.7 Å². The van der Waals surface area contributed by atoms with E-state index in [1.807, 2.05) is 25.3 Å². The number of piperazine rings is 1. The molecule has 1 aliphatic carbocycles. The highest BCUT2D eigenvalue weighted by Gasteiger charge is 2.33. The third-order valence-electron chi connectivity index (χ3n) is 11.6. The molecule has 0 N–H and O–H groups in total. The van der Waals surface area contributed by atoms with Crippen LogP contribution in [0.5, 0.6) is 5.88 Å². The van der Waals surface area contributed by atoms with Gasteiger partial charge in [0.2, 0.25) is 5.88 Å². The summed E-state index contributed by atoms with van der Waals surface area (Å²) in [5.41, 5.74) is 8.11. The molecule has 4 aromatic rings. The molecule has 0 radical (unpaired) electrons. The van der Waals surface area contributed by atoms with Crippen LogP contribution in [-0.2, 0) is 20.8 Å². The SMILES string of the molecule is COC(=O)c1ccc(N2CCN(CC3=C(c4ccc(Cl)cc4)CCC(C)(OC)C3)CC2)cc1N1CCCOc2nc3c(ccn3CCOCC[Si](C)(C)C)cc21. The number of allylic oxidation sites excluding steroid dienone is 1. The summed E-state index contributed by atoms with van der Waals surface area (Å²) in [5, 5.41) is 1.78. The fourth-order valence-electron chi connectivity index (χ4n) is 8.17. The topological polar surface area (TPSA) is 81.5 Å². The van der Waals surface area contributed by atoms with Crippen LogP contribution in [-0.4, -0.2) is 107 Å². The summed E-state index contributed by atoms with van der Waals surface area (Å²) in [4.78, 5) is 25.5. The van der Waals surface area contributed by atoms with E-state index in [9.17, 15) is 4.79 Å². The number of carbonyl (C=O) groups is 1. The highest BCUT2D eigenvalue weighted by Crippen LogP contribution is 2.42. The highest BCUT2D eigenvalue weighted by molar-refractivity contribution is 6.76. The second kappa shape index (κ2) is 17.3. The van der Waals surface area contributed by atoms with E-state index in [4.69, 9.17) is 35.5 Å². The first-order chi connectivity index (χ1) is 26.9. The van der Waals surface area contributed by atoms with Crippen molar-refractivity contribution >= 4 is 59.3 Å². The molecule has 0 saturated carbocycles. The van der Waals surface area contributed by atoms with Crippen molar-refractivity contribution in [2.75, 3.05) is 83.1 Å². The number of nitrogens with zero attached hydrogens (tertiary/aromatic N) is 5. The van der Waals surface area contributed by atoms with Gasteiger partial charge in [-0.05, 0) is 97.8 Å². The highest BCUT2D eigenvalue weighted by atomic mass is 35.5. The lowest BCUT2D eigenvalue weighted by atomic mass is 9.79. The number of halogens is 1. The maximum atomic E-state index is 13.3. The average Bonchev–Trinajstić information content (AvgIpc) is 3.46. The van der Waals surface area contributed by atoms with Crippen molar-refractivity contribution in [2.45, 2.75) is 70.4 Å². The van der Waals surface area contributed by atoms with Gasteiger partial charge in [-0.15, -0.1) is 0 Å². The van der Waals surface area contributed by atoms with Gasteiger partial charge in [0.1, 0.15) is 11.3 Å². The minimum Gasteiger partial charge on any atom is -0.476 e. The molecule has 12 heteroatoms. The second-order valence-corrected chi connectivity index (χ2v) is 22.9. The van der Waals surface area contributed by atoms with E-state index in [0.717, 1.165) is 111 Å². The van der Waals surface area contributed by atoms with Crippen LogP contribution in [0.25, 0.3) is 16.6 Å². The molecule has 2 aromatic heterocycles. The summed E-state index contributed by atoms with van der Waals surface area (Å²) in [5.74, 6) is 0.210. The van der Waals surface area contributed by atoms with Crippen LogP contribution in [0.2, 0.25) is 30.7 Å². The Balaban J connectivity index is 1.10. The van der Waals surface area contributed by atoms with E-state index < -0.39 is 8.07 Å². The summed E-state index contributed by atoms with van der Waals surface area (Å²) in [6.45, 7) is 17.2. The van der Waals surface area contributed by atoms with Crippen molar-refractivity contribution in [3.05, 3.63) is 82.5 Å². The Kier molecular flexibility index (Phi) is 12.5. The van der Waals surface area contributed by atoms with Crippen LogP contribution in [0.4, 0.5) is 17.1 Å². The van der Waals surface area contributed by atoms with Crippen molar-refractivity contribution in [1.82, 2.24) is 14.5 Å². The maximum Gasteiger partial charge on any atom is 0.339 e. The monoisotopic (exact) mass is 799 g/mol. The van der Waals surface area contributed by atoms with Crippen LogP contribution in [0.15, 0.2) is 66.4 Å². The first-order valence-corrected chi connectivity index (χ1v) is 24.2. The van der Waals surface area contributed by atoms with Gasteiger partial charge in [0, 0.05) is 89.9 Å². The smallest absolute Gasteiger partial charge is 0.339 e. The number of aromatic nitrogens is 2. The van der Waals surface area contributed by atoms with E-state index >= 15 is 0 Å². The van der Waals surface area contributed by atoms with Crippen LogP contribution < -0.4 is 14.5 Å². The Bertz CT molecular complexity index is 2040. The number of hydrogen-bond donors (Lipinski definition) is 0. The van der Waals surface area contributed by atoms with Gasteiger partial charge in [0.25, 0.3) is 0 Å². The molecule has 0 amide bonds. The Hall–Kier alpha value is -3.87. The molecule has 0 spiro atoms. The molecule has 2 aliphatic heterocycles. The fourth-order valence-corrected chi connectivity index (χ4v) is 9.05. The molecule has 56 heavy (non-hydrogen) atoms. The Morgan fingerprint density at radius 3 is 2.48 bits per heavy atom. The third kappa shape index (κ3) is 9.29. The zero-order valence-electron chi connectivity index (χ0n) is 34.0. The molecule has 3 aliphatic rings. The summed E-state index contributed by atoms with van der Waals surface area (Å²) < 4.78 is 25.8. The Morgan fingerprint density at radius 1 is 0.964 bits per heavy atom. The quantitative estimate of drug-likeness (QED) is 0.0749. The number of rotatable bonds is 13. The van der Waals surface area contributed by atoms with Crippen molar-refractivity contribution in [1.29, 1.82) is 0 Å². The number of benzene rings is 2. The average molecular weight is 801 g/mol. The molecular formula is C44H58ClN5O5Si. The lowest BCUT2D eigenvalue weighted by molar-refractivity contribution is -0.00391. The van der Waals surface area contributed by atoms with Crippen LogP contribution in [0.1, 0.15) is 48.5 Å². The van der Waals surface area contributed by atoms with Crippen LogP contribution in [0, 0.1) is 0 Å². The van der Waals surface area contributed by atoms with Gasteiger partial charge < -0.3 is 33.3 Å². The third-order valence-corrected chi connectivity index (χ3v) is 13.6. The molecule has 4 heterocycles. The molecule has 1 unspecified atom stereocenters. The zero-order chi connectivity index (χ0) is 39.5. The molecule has 2 aromatic carbocycles. The van der Waals surface area contributed by atoms with Gasteiger partial charge in [-0.3, -0.25) is 4.90 Å². The van der Waals surface area contributed by atoms with Gasteiger partial charge in [-0.25, -0.2) is 4.79 Å². The van der Waals surface area contributed by atoms with Crippen molar-refractivity contribution in [3.8, 4) is 5.88 Å². The van der Waals surface area contributed by atoms with E-state index in [-0.39, 0.29) is 11.6 Å². The molecule has 1 saturated heterocycles. The van der Waals surface area contributed by atoms with Crippen LogP contribution >= 0.6 is 11.6 Å². The van der Waals surface area contributed by atoms with Gasteiger partial charge in [0.15, 0.2) is 0 Å². The molecule has 7 rings (SSSR count). The number of hydrogen-bond acceptors (Lipinski definition) is 9. The van der Waals surface area contributed by atoms with E-state index in [0.29, 0.717) is 31.2 Å². The van der Waals surface area contributed by atoms with Gasteiger partial charge in [0.05, 0.1) is 37.2 Å². The van der Waals surface area contributed by atoms with Gasteiger partial charge in [-0.2, -0.15) is 4.98 Å². The predicted octanol–water partition coefficient (Wildman–Crippen LogP) is 8.92. The summed E-state index contributed by atoms with van der Waals surface area (Å²) in [7, 11) is 2.14. The summed E-state index contributed by atoms with van der Waals surface area (Å²) >= 11 is 6.26. The summed E-state index contributed by atoms with van der Waals surface area (Å²) in [6.07, 6.45) is 5.76. The minimum absolute atomic E-state index is 0.158. The number of pyridine rings is 1. The molecule has 0 bridgehead atoms. The maximum absolute atomic E-state index is 13.3. The number of esters is 1. The molecule has 300 valence electrons. The van der Waals surface area contributed by atoms with Gasteiger partial charge in [-0.1, -0.05) is 43.4 Å². The number of fused-ring (bicyclic) bond motifs is 2. The standard InChI is InChI=1S/C44H58ClN5O5Si/c1-44(53-3)16-14-37(32-8-10-35(45)11-9-32)34(30-44)31-47-19-21-48(22-20-47)36-12-13-38(43(51)52-2)39(29-36)50-17-7-24-55-42-40(50)28-33-15-18-49(41(33)46-42)23-25-54-26-27-56(4,5)6/h8-13,15,18,28-29H,7,14,16-17,19-27,30-31H2,1-6H3. The lowest BCUT2D eigenvalue weighted by Crippen LogP contribution is -2.47. The first kappa shape index (κ1) is 40.3. The largest absolute Gasteiger partial charge is 0.476 e. The second-order valence-electron chi connectivity index (χ2n) is 16.9. The summed E-state index contributed by atoms with van der Waals surface area (Å²) in [6, 6.07) is 19.8. The van der Waals surface area contributed by atoms with Gasteiger partial charge >= 0.3 is 5.97 Å². The number of carbonyl (C=O) groups excluding carboxylic acids is 1. The number of anilines is 3. The van der Waals surface area contributed by atoms with E-state index in [2.05, 4.69) is 88.4 Å². The van der Waals surface area contributed by atoms with Crippen LogP contribution in [0.3, 0.4) is 0 Å². The molecule has 10 nitrogen and oxygen atoms in total. The minimum atomic E-state index is -1.14. The molecular weight excluding hydrogens is 742 g/mol. The fraction of sp³-hybridized carbons (Fsp3) is 0.500. The predicted molar refractivity (Wildman–Crippen MR) is 230 cm³/mol. The number of ether oxygens (including phenoxy) is 4.